The molecule has 26 heavy (non-hydrogen) atoms. The Morgan fingerprint density at radius 3 is 2.27 bits per heavy atom. The molecular weight excluding hydrogens is 350 g/mol. The number of nitrogens with one attached hydrogen (secondary N) is 2. The lowest BCUT2D eigenvalue weighted by atomic mass is 10.0. The molecule has 2 N–H and O–H groups in total. The summed E-state index contributed by atoms with van der Waals surface area (Å²) in [5.41, 5.74) is 2.28. The van der Waals surface area contributed by atoms with E-state index in [0.717, 1.165) is 5.56 Å². The fourth-order valence-corrected chi connectivity index (χ4v) is 3.58. The summed E-state index contributed by atoms with van der Waals surface area (Å²) >= 11 is 0. The van der Waals surface area contributed by atoms with Crippen LogP contribution < -0.4 is 14.9 Å². The predicted octanol–water partition coefficient (Wildman–Crippen LogP) is 3.40. The van der Waals surface area contributed by atoms with Gasteiger partial charge in [-0.25, -0.2) is 13.2 Å². The van der Waals surface area contributed by atoms with Crippen LogP contribution in [0.5, 0.6) is 0 Å². The number of para-hydroxylation sites is 2. The van der Waals surface area contributed by atoms with Crippen LogP contribution in [0.2, 0.25) is 0 Å². The maximum Gasteiger partial charge on any atom is 0.319 e. The average molecular weight is 375 g/mol. The summed E-state index contributed by atoms with van der Waals surface area (Å²) in [6, 6.07) is 16.1. The smallest absolute Gasteiger partial charge is 0.319 e. The van der Waals surface area contributed by atoms with Crippen LogP contribution in [-0.2, 0) is 10.0 Å². The van der Waals surface area contributed by atoms with Crippen molar-refractivity contribution in [2.24, 2.45) is 0 Å². The molecule has 0 aromatic heterocycles. The number of hydrogen-bond donors (Lipinski definition) is 2. The lowest BCUT2D eigenvalue weighted by Gasteiger charge is -2.26. The summed E-state index contributed by atoms with van der Waals surface area (Å²) in [6.07, 6.45) is 1.17. The van der Waals surface area contributed by atoms with Gasteiger partial charge in [-0.05, 0) is 29.7 Å². The lowest BCUT2D eigenvalue weighted by Crippen LogP contribution is -2.40. The Morgan fingerprint density at radius 2 is 1.65 bits per heavy atom. The van der Waals surface area contributed by atoms with Gasteiger partial charge < -0.3 is 10.6 Å². The quantitative estimate of drug-likeness (QED) is 0.778. The summed E-state index contributed by atoms with van der Waals surface area (Å²) < 4.78 is 25.9. The highest BCUT2D eigenvalue weighted by atomic mass is 32.2. The molecule has 2 aromatic carbocycles. The van der Waals surface area contributed by atoms with Gasteiger partial charge in [0.1, 0.15) is 0 Å². The van der Waals surface area contributed by atoms with Gasteiger partial charge in [-0.15, -0.1) is 0 Å². The van der Waals surface area contributed by atoms with Gasteiger partial charge in [0.2, 0.25) is 10.0 Å². The Kier molecular flexibility index (Phi) is 6.63. The van der Waals surface area contributed by atoms with Crippen molar-refractivity contribution in [1.29, 1.82) is 0 Å². The summed E-state index contributed by atoms with van der Waals surface area (Å²) in [5.74, 6) is 0.185. The highest BCUT2D eigenvalue weighted by Crippen LogP contribution is 2.28. The van der Waals surface area contributed by atoms with Gasteiger partial charge in [0.15, 0.2) is 0 Å². The lowest BCUT2D eigenvalue weighted by molar-refractivity contribution is 0.252. The highest BCUT2D eigenvalue weighted by Gasteiger charge is 2.21. The van der Waals surface area contributed by atoms with E-state index in [1.807, 2.05) is 50.2 Å². The van der Waals surface area contributed by atoms with Crippen LogP contribution in [0.1, 0.15) is 25.3 Å². The van der Waals surface area contributed by atoms with E-state index < -0.39 is 10.0 Å². The maximum atomic E-state index is 12.3. The molecule has 2 rings (SSSR count). The minimum atomic E-state index is -3.47. The molecule has 140 valence electrons. The summed E-state index contributed by atoms with van der Waals surface area (Å²) in [4.78, 5) is 12.0. The van der Waals surface area contributed by atoms with Crippen molar-refractivity contribution in [1.82, 2.24) is 5.32 Å². The van der Waals surface area contributed by atoms with Crippen molar-refractivity contribution < 1.29 is 13.2 Å². The SMILES string of the molecule is CC(C)c1ccccc1N(CCNC(=O)Nc1ccccc1)S(C)(=O)=O. The minimum absolute atomic E-state index is 0.158. The van der Waals surface area contributed by atoms with Gasteiger partial charge in [-0.2, -0.15) is 0 Å². The zero-order chi connectivity index (χ0) is 19.2. The third-order valence-electron chi connectivity index (χ3n) is 3.86. The van der Waals surface area contributed by atoms with Crippen molar-refractivity contribution in [3.05, 3.63) is 60.2 Å². The number of nitrogens with zero attached hydrogens (tertiary/aromatic N) is 1. The molecule has 2 aromatic rings. The summed E-state index contributed by atoms with van der Waals surface area (Å²) in [7, 11) is -3.47. The number of amides is 2. The number of rotatable bonds is 7. The number of urea groups is 1. The molecule has 2 amide bonds. The van der Waals surface area contributed by atoms with Crippen molar-refractivity contribution in [2.45, 2.75) is 19.8 Å². The first kappa shape index (κ1) is 19.8. The largest absolute Gasteiger partial charge is 0.336 e. The van der Waals surface area contributed by atoms with Crippen LogP contribution in [0.4, 0.5) is 16.2 Å². The molecular formula is C19H25N3O3S. The maximum absolute atomic E-state index is 12.3. The fraction of sp³-hybridized carbons (Fsp3) is 0.316. The first-order valence-electron chi connectivity index (χ1n) is 8.45. The monoisotopic (exact) mass is 375 g/mol. The van der Waals surface area contributed by atoms with E-state index in [-0.39, 0.29) is 25.0 Å². The van der Waals surface area contributed by atoms with E-state index in [9.17, 15) is 13.2 Å². The average Bonchev–Trinajstić information content (AvgIpc) is 2.58. The van der Waals surface area contributed by atoms with Crippen LogP contribution in [0.15, 0.2) is 54.6 Å². The van der Waals surface area contributed by atoms with Gasteiger partial charge in [0.25, 0.3) is 0 Å². The zero-order valence-electron chi connectivity index (χ0n) is 15.3. The molecule has 0 aliphatic heterocycles. The first-order valence-corrected chi connectivity index (χ1v) is 10.3. The van der Waals surface area contributed by atoms with E-state index >= 15 is 0 Å². The topological polar surface area (TPSA) is 78.5 Å². The van der Waals surface area contributed by atoms with E-state index in [4.69, 9.17) is 0 Å². The van der Waals surface area contributed by atoms with E-state index in [1.54, 1.807) is 18.2 Å². The Labute approximate surface area is 155 Å². The second-order valence-electron chi connectivity index (χ2n) is 6.30. The number of sulfonamides is 1. The fourth-order valence-electron chi connectivity index (χ4n) is 2.64. The molecule has 7 heteroatoms. The van der Waals surface area contributed by atoms with Gasteiger partial charge >= 0.3 is 6.03 Å². The van der Waals surface area contributed by atoms with Crippen LogP contribution in [0.3, 0.4) is 0 Å². The van der Waals surface area contributed by atoms with E-state index in [2.05, 4.69) is 10.6 Å². The Bertz CT molecular complexity index is 836. The van der Waals surface area contributed by atoms with Gasteiger partial charge in [0.05, 0.1) is 18.5 Å². The van der Waals surface area contributed by atoms with Crippen LogP contribution in [0.25, 0.3) is 0 Å². The molecule has 0 saturated carbocycles. The number of carbonyl (C=O) groups excluding carboxylic acids is 1. The molecule has 6 nitrogen and oxygen atoms in total. The molecule has 0 aliphatic rings. The molecule has 0 spiro atoms. The molecule has 0 radical (unpaired) electrons. The van der Waals surface area contributed by atoms with E-state index in [1.165, 1.54) is 10.6 Å². The minimum Gasteiger partial charge on any atom is -0.336 e. The molecule has 0 bridgehead atoms. The number of hydrogen-bond acceptors (Lipinski definition) is 3. The third-order valence-corrected chi connectivity index (χ3v) is 5.04. The molecule has 0 fully saturated rings. The standard InChI is InChI=1S/C19H25N3O3S/c1-15(2)17-11-7-8-12-18(17)22(26(3,24)25)14-13-20-19(23)21-16-9-5-4-6-10-16/h4-12,15H,13-14H2,1-3H3,(H2,20,21,23). The van der Waals surface area contributed by atoms with Gasteiger partial charge in [-0.1, -0.05) is 50.2 Å². The van der Waals surface area contributed by atoms with Crippen molar-refractivity contribution in [3.63, 3.8) is 0 Å². The Balaban J connectivity index is 2.05. The highest BCUT2D eigenvalue weighted by molar-refractivity contribution is 7.92. The second kappa shape index (κ2) is 8.71. The van der Waals surface area contributed by atoms with Crippen molar-refractivity contribution in [2.75, 3.05) is 29.0 Å². The Morgan fingerprint density at radius 1 is 1.04 bits per heavy atom. The number of benzene rings is 2. The van der Waals surface area contributed by atoms with Gasteiger partial charge in [0, 0.05) is 12.2 Å². The van der Waals surface area contributed by atoms with Crippen LogP contribution in [-0.4, -0.2) is 33.8 Å². The van der Waals surface area contributed by atoms with Crippen molar-refractivity contribution in [3.8, 4) is 0 Å². The number of carbonyl (C=O) groups is 1. The molecule has 0 saturated heterocycles. The summed E-state index contributed by atoms with van der Waals surface area (Å²) in [5, 5.41) is 5.40. The molecule has 0 heterocycles. The predicted molar refractivity (Wildman–Crippen MR) is 106 cm³/mol. The molecule has 0 unspecified atom stereocenters. The molecule has 0 atom stereocenters. The number of anilines is 2. The third kappa shape index (κ3) is 5.49. The van der Waals surface area contributed by atoms with E-state index in [0.29, 0.717) is 11.4 Å². The van der Waals surface area contributed by atoms with Crippen LogP contribution >= 0.6 is 0 Å². The Hall–Kier alpha value is -2.54. The normalized spacial score (nSPS) is 11.2. The van der Waals surface area contributed by atoms with Crippen molar-refractivity contribution >= 4 is 27.4 Å². The van der Waals surface area contributed by atoms with Crippen LogP contribution in [0, 0.1) is 0 Å². The second-order valence-corrected chi connectivity index (χ2v) is 8.20. The first-order chi connectivity index (χ1) is 12.3. The summed E-state index contributed by atoms with van der Waals surface area (Å²) in [6.45, 7) is 4.39. The van der Waals surface area contributed by atoms with Gasteiger partial charge in [-0.3, -0.25) is 4.31 Å². The molecule has 0 aliphatic carbocycles. The zero-order valence-corrected chi connectivity index (χ0v) is 16.1.